The molecule has 2 aromatic rings. The Morgan fingerprint density at radius 3 is 2.45 bits per heavy atom. The van der Waals surface area contributed by atoms with Crippen molar-refractivity contribution < 1.29 is 4.79 Å². The number of nitrogens with zero attached hydrogens (tertiary/aromatic N) is 1. The SMILES string of the molecule is Cc1ccc(NCC(=O)N(c2ccccc2)C(C)C)c(Cl)c1. The van der Waals surface area contributed by atoms with E-state index in [1.54, 1.807) is 4.90 Å². The highest BCUT2D eigenvalue weighted by molar-refractivity contribution is 6.33. The number of rotatable bonds is 5. The molecule has 0 unspecified atom stereocenters. The first kappa shape index (κ1) is 16.4. The first-order chi connectivity index (χ1) is 10.5. The number of benzene rings is 2. The fraction of sp³-hybridized carbons (Fsp3) is 0.278. The van der Waals surface area contributed by atoms with E-state index >= 15 is 0 Å². The quantitative estimate of drug-likeness (QED) is 0.880. The van der Waals surface area contributed by atoms with Gasteiger partial charge in [-0.3, -0.25) is 4.79 Å². The predicted octanol–water partition coefficient (Wildman–Crippen LogP) is 4.50. The summed E-state index contributed by atoms with van der Waals surface area (Å²) in [6, 6.07) is 15.5. The van der Waals surface area contributed by atoms with Gasteiger partial charge in [0, 0.05) is 11.7 Å². The van der Waals surface area contributed by atoms with Gasteiger partial charge in [-0.05, 0) is 50.6 Å². The fourth-order valence-corrected chi connectivity index (χ4v) is 2.64. The van der Waals surface area contributed by atoms with Crippen LogP contribution in [-0.4, -0.2) is 18.5 Å². The third kappa shape index (κ3) is 4.01. The van der Waals surface area contributed by atoms with Crippen LogP contribution in [0.15, 0.2) is 48.5 Å². The lowest BCUT2D eigenvalue weighted by Crippen LogP contribution is -2.40. The molecule has 22 heavy (non-hydrogen) atoms. The zero-order chi connectivity index (χ0) is 16.1. The van der Waals surface area contributed by atoms with Gasteiger partial charge in [0.1, 0.15) is 0 Å². The van der Waals surface area contributed by atoms with E-state index in [9.17, 15) is 4.79 Å². The van der Waals surface area contributed by atoms with Gasteiger partial charge in [-0.25, -0.2) is 0 Å². The van der Waals surface area contributed by atoms with Crippen molar-refractivity contribution in [2.24, 2.45) is 0 Å². The molecule has 0 bridgehead atoms. The van der Waals surface area contributed by atoms with Crippen LogP contribution < -0.4 is 10.2 Å². The maximum atomic E-state index is 12.6. The number of nitrogens with one attached hydrogen (secondary N) is 1. The van der Waals surface area contributed by atoms with Crippen LogP contribution in [0, 0.1) is 6.92 Å². The van der Waals surface area contributed by atoms with Crippen LogP contribution in [-0.2, 0) is 4.79 Å². The van der Waals surface area contributed by atoms with E-state index < -0.39 is 0 Å². The van der Waals surface area contributed by atoms with Crippen molar-refractivity contribution in [3.63, 3.8) is 0 Å². The fourth-order valence-electron chi connectivity index (χ4n) is 2.34. The van der Waals surface area contributed by atoms with Crippen molar-refractivity contribution in [3.8, 4) is 0 Å². The number of carbonyl (C=O) groups is 1. The molecule has 116 valence electrons. The van der Waals surface area contributed by atoms with Gasteiger partial charge in [-0.15, -0.1) is 0 Å². The van der Waals surface area contributed by atoms with Crippen LogP contribution in [0.25, 0.3) is 0 Å². The Kier molecular flexibility index (Phi) is 5.45. The normalized spacial score (nSPS) is 10.6. The van der Waals surface area contributed by atoms with E-state index in [0.29, 0.717) is 5.02 Å². The van der Waals surface area contributed by atoms with Crippen molar-refractivity contribution in [2.75, 3.05) is 16.8 Å². The smallest absolute Gasteiger partial charge is 0.246 e. The Morgan fingerprint density at radius 1 is 1.18 bits per heavy atom. The minimum atomic E-state index is 0.0119. The lowest BCUT2D eigenvalue weighted by molar-refractivity contribution is -0.117. The second-order valence-electron chi connectivity index (χ2n) is 5.53. The number of carbonyl (C=O) groups excluding carboxylic acids is 1. The molecule has 0 aromatic heterocycles. The molecule has 1 N–H and O–H groups in total. The molecular weight excluding hydrogens is 296 g/mol. The van der Waals surface area contributed by atoms with Gasteiger partial charge in [-0.2, -0.15) is 0 Å². The molecular formula is C18H21ClN2O. The molecule has 0 spiro atoms. The number of anilines is 2. The van der Waals surface area contributed by atoms with Crippen LogP contribution in [0.3, 0.4) is 0 Å². The largest absolute Gasteiger partial charge is 0.375 e. The molecule has 0 saturated heterocycles. The number of hydrogen-bond acceptors (Lipinski definition) is 2. The Labute approximate surface area is 136 Å². The standard InChI is InChI=1S/C18H21ClN2O/c1-13(2)21(15-7-5-4-6-8-15)18(22)12-20-17-10-9-14(3)11-16(17)19/h4-11,13,20H,12H2,1-3H3. The lowest BCUT2D eigenvalue weighted by atomic mass is 10.2. The van der Waals surface area contributed by atoms with E-state index in [-0.39, 0.29) is 18.5 Å². The number of hydrogen-bond donors (Lipinski definition) is 1. The predicted molar refractivity (Wildman–Crippen MR) is 93.7 cm³/mol. The maximum absolute atomic E-state index is 12.6. The minimum Gasteiger partial charge on any atom is -0.375 e. The third-order valence-corrected chi connectivity index (χ3v) is 3.69. The summed E-state index contributed by atoms with van der Waals surface area (Å²) in [5, 5.41) is 3.75. The number of amides is 1. The molecule has 0 fully saturated rings. The first-order valence-corrected chi connectivity index (χ1v) is 7.74. The summed E-state index contributed by atoms with van der Waals surface area (Å²) in [6.45, 7) is 6.19. The van der Waals surface area contributed by atoms with E-state index in [2.05, 4.69) is 5.32 Å². The first-order valence-electron chi connectivity index (χ1n) is 7.36. The van der Waals surface area contributed by atoms with Crippen molar-refractivity contribution in [1.82, 2.24) is 0 Å². The Morgan fingerprint density at radius 2 is 1.86 bits per heavy atom. The molecule has 1 amide bonds. The highest BCUT2D eigenvalue weighted by Crippen LogP contribution is 2.23. The number of para-hydroxylation sites is 1. The second-order valence-corrected chi connectivity index (χ2v) is 5.94. The van der Waals surface area contributed by atoms with Crippen LogP contribution in [0.2, 0.25) is 5.02 Å². The van der Waals surface area contributed by atoms with Crippen LogP contribution >= 0.6 is 11.6 Å². The molecule has 3 nitrogen and oxygen atoms in total. The summed E-state index contributed by atoms with van der Waals surface area (Å²) in [7, 11) is 0. The molecule has 0 heterocycles. The van der Waals surface area contributed by atoms with Gasteiger partial charge in [0.15, 0.2) is 0 Å². The highest BCUT2D eigenvalue weighted by Gasteiger charge is 2.18. The highest BCUT2D eigenvalue weighted by atomic mass is 35.5. The summed E-state index contributed by atoms with van der Waals surface area (Å²) in [5.41, 5.74) is 2.77. The summed E-state index contributed by atoms with van der Waals surface area (Å²) >= 11 is 6.18. The maximum Gasteiger partial charge on any atom is 0.246 e. The summed E-state index contributed by atoms with van der Waals surface area (Å²) in [5.74, 6) is 0.0119. The lowest BCUT2D eigenvalue weighted by Gasteiger charge is -2.27. The van der Waals surface area contributed by atoms with Crippen LogP contribution in [0.4, 0.5) is 11.4 Å². The molecule has 2 aromatic carbocycles. The van der Waals surface area contributed by atoms with Crippen molar-refractivity contribution in [1.29, 1.82) is 0 Å². The Balaban J connectivity index is 2.09. The van der Waals surface area contributed by atoms with Crippen molar-refractivity contribution >= 4 is 28.9 Å². The van der Waals surface area contributed by atoms with E-state index in [4.69, 9.17) is 11.6 Å². The van der Waals surface area contributed by atoms with Gasteiger partial charge < -0.3 is 10.2 Å². The minimum absolute atomic E-state index is 0.0119. The van der Waals surface area contributed by atoms with Crippen molar-refractivity contribution in [3.05, 3.63) is 59.1 Å². The number of halogens is 1. The molecule has 0 atom stereocenters. The molecule has 0 aliphatic carbocycles. The summed E-state index contributed by atoms with van der Waals surface area (Å²) in [4.78, 5) is 14.3. The Bertz CT molecular complexity index is 641. The molecule has 0 radical (unpaired) electrons. The molecule has 4 heteroatoms. The van der Waals surface area contributed by atoms with Crippen LogP contribution in [0.5, 0.6) is 0 Å². The summed E-state index contributed by atoms with van der Waals surface area (Å²) < 4.78 is 0. The second kappa shape index (κ2) is 7.32. The van der Waals surface area contributed by atoms with Gasteiger partial charge >= 0.3 is 0 Å². The van der Waals surface area contributed by atoms with Gasteiger partial charge in [0.2, 0.25) is 5.91 Å². The molecule has 0 saturated carbocycles. The van der Waals surface area contributed by atoms with Gasteiger partial charge in [-0.1, -0.05) is 35.9 Å². The molecule has 0 aliphatic heterocycles. The monoisotopic (exact) mass is 316 g/mol. The van der Waals surface area contributed by atoms with Gasteiger partial charge in [0.05, 0.1) is 17.3 Å². The van der Waals surface area contributed by atoms with Crippen molar-refractivity contribution in [2.45, 2.75) is 26.8 Å². The number of aryl methyl sites for hydroxylation is 1. The Hall–Kier alpha value is -2.00. The average molecular weight is 317 g/mol. The van der Waals surface area contributed by atoms with E-state index in [0.717, 1.165) is 16.9 Å². The summed E-state index contributed by atoms with van der Waals surface area (Å²) in [6.07, 6.45) is 0. The molecule has 0 aliphatic rings. The van der Waals surface area contributed by atoms with E-state index in [1.165, 1.54) is 0 Å². The zero-order valence-electron chi connectivity index (χ0n) is 13.1. The third-order valence-electron chi connectivity index (χ3n) is 3.37. The average Bonchev–Trinajstić information content (AvgIpc) is 2.47. The van der Waals surface area contributed by atoms with Crippen LogP contribution in [0.1, 0.15) is 19.4 Å². The molecule has 2 rings (SSSR count). The topological polar surface area (TPSA) is 32.3 Å². The zero-order valence-corrected chi connectivity index (χ0v) is 13.9. The van der Waals surface area contributed by atoms with Gasteiger partial charge in [0.25, 0.3) is 0 Å². The van der Waals surface area contributed by atoms with E-state index in [1.807, 2.05) is 69.3 Å².